The molecule has 0 spiro atoms. The van der Waals surface area contributed by atoms with E-state index in [4.69, 9.17) is 9.84 Å². The molecular weight excluding hydrogens is 408 g/mol. The molecule has 0 radical (unpaired) electrons. The van der Waals surface area contributed by atoms with E-state index < -0.39 is 12.1 Å². The van der Waals surface area contributed by atoms with Crippen LogP contribution in [-0.2, 0) is 14.3 Å². The predicted molar refractivity (Wildman–Crippen MR) is 121 cm³/mol. The number of rotatable bonds is 10. The molecular formula is C25H28N2O5. The molecule has 0 heterocycles. The first kappa shape index (κ1) is 23.1. The Morgan fingerprint density at radius 2 is 1.69 bits per heavy atom. The molecule has 0 aromatic heterocycles. The molecule has 0 fully saturated rings. The molecule has 7 heteroatoms. The molecule has 1 atom stereocenters. The molecule has 168 valence electrons. The Kier molecular flexibility index (Phi) is 8.02. The maximum atomic E-state index is 12.1. The number of ether oxygens (including phenoxy) is 1. The second-order valence-electron chi connectivity index (χ2n) is 7.80. The molecule has 2 aromatic carbocycles. The maximum absolute atomic E-state index is 12.1. The van der Waals surface area contributed by atoms with Crippen molar-refractivity contribution in [3.05, 3.63) is 71.8 Å². The number of hydrogen-bond acceptors (Lipinski definition) is 4. The van der Waals surface area contributed by atoms with Crippen molar-refractivity contribution in [2.75, 3.05) is 13.2 Å². The van der Waals surface area contributed by atoms with Crippen molar-refractivity contribution in [3.8, 4) is 11.1 Å². The summed E-state index contributed by atoms with van der Waals surface area (Å²) in [6, 6.07) is 16.1. The largest absolute Gasteiger partial charge is 0.481 e. The van der Waals surface area contributed by atoms with Crippen LogP contribution in [0.3, 0.4) is 0 Å². The second kappa shape index (κ2) is 11.1. The number of aliphatic carboxylic acids is 1. The van der Waals surface area contributed by atoms with Gasteiger partial charge < -0.3 is 20.5 Å². The Bertz CT molecular complexity index is 956. The third-order valence-electron chi connectivity index (χ3n) is 5.39. The van der Waals surface area contributed by atoms with Crippen molar-refractivity contribution < 1.29 is 24.2 Å². The van der Waals surface area contributed by atoms with Crippen LogP contribution >= 0.6 is 0 Å². The van der Waals surface area contributed by atoms with Crippen molar-refractivity contribution >= 4 is 18.0 Å². The van der Waals surface area contributed by atoms with Gasteiger partial charge in [0.05, 0.1) is 0 Å². The average molecular weight is 437 g/mol. The minimum atomic E-state index is -0.845. The van der Waals surface area contributed by atoms with E-state index in [2.05, 4.69) is 34.9 Å². The first-order valence-corrected chi connectivity index (χ1v) is 10.7. The van der Waals surface area contributed by atoms with Crippen molar-refractivity contribution in [1.82, 2.24) is 10.6 Å². The van der Waals surface area contributed by atoms with E-state index in [-0.39, 0.29) is 37.4 Å². The minimum absolute atomic E-state index is 0.00270. The fourth-order valence-electron chi connectivity index (χ4n) is 3.88. The zero-order valence-electron chi connectivity index (χ0n) is 18.0. The van der Waals surface area contributed by atoms with Gasteiger partial charge in [0.1, 0.15) is 6.61 Å². The van der Waals surface area contributed by atoms with Gasteiger partial charge in [-0.05, 0) is 42.0 Å². The fraction of sp³-hybridized carbons (Fsp3) is 0.320. The van der Waals surface area contributed by atoms with Crippen molar-refractivity contribution in [2.24, 2.45) is 0 Å². The van der Waals surface area contributed by atoms with Crippen LogP contribution in [-0.4, -0.2) is 42.3 Å². The van der Waals surface area contributed by atoms with Crippen molar-refractivity contribution in [1.29, 1.82) is 0 Å². The Hall–Kier alpha value is -3.61. The van der Waals surface area contributed by atoms with E-state index >= 15 is 0 Å². The average Bonchev–Trinajstić information content (AvgIpc) is 3.09. The maximum Gasteiger partial charge on any atom is 0.407 e. The van der Waals surface area contributed by atoms with Crippen LogP contribution in [0.2, 0.25) is 0 Å². The van der Waals surface area contributed by atoms with Gasteiger partial charge in [0, 0.05) is 31.0 Å². The molecule has 1 aliphatic rings. The van der Waals surface area contributed by atoms with Crippen LogP contribution in [0.4, 0.5) is 4.79 Å². The van der Waals surface area contributed by atoms with Gasteiger partial charge in [-0.25, -0.2) is 4.79 Å². The summed E-state index contributed by atoms with van der Waals surface area (Å²) < 4.78 is 5.44. The minimum Gasteiger partial charge on any atom is -0.481 e. The Morgan fingerprint density at radius 3 is 2.31 bits per heavy atom. The highest BCUT2D eigenvalue weighted by Crippen LogP contribution is 2.44. The predicted octanol–water partition coefficient (Wildman–Crippen LogP) is 3.84. The first-order valence-electron chi connectivity index (χ1n) is 10.7. The molecule has 2 amide bonds. The highest BCUT2D eigenvalue weighted by Gasteiger charge is 2.28. The van der Waals surface area contributed by atoms with Crippen LogP contribution in [0.25, 0.3) is 11.1 Å². The van der Waals surface area contributed by atoms with Crippen LogP contribution in [0.15, 0.2) is 60.7 Å². The Balaban J connectivity index is 1.40. The van der Waals surface area contributed by atoms with Gasteiger partial charge in [0.2, 0.25) is 5.91 Å². The summed E-state index contributed by atoms with van der Waals surface area (Å²) in [4.78, 5) is 34.5. The van der Waals surface area contributed by atoms with Gasteiger partial charge >= 0.3 is 12.1 Å². The summed E-state index contributed by atoms with van der Waals surface area (Å²) in [5.74, 6) is -1.14. The number of carbonyl (C=O) groups excluding carboxylic acids is 2. The van der Waals surface area contributed by atoms with Gasteiger partial charge in [-0.1, -0.05) is 54.6 Å². The zero-order valence-corrected chi connectivity index (χ0v) is 18.0. The number of benzene rings is 2. The first-order chi connectivity index (χ1) is 15.5. The molecule has 3 N–H and O–H groups in total. The van der Waals surface area contributed by atoms with Gasteiger partial charge in [0.15, 0.2) is 0 Å². The molecule has 0 saturated carbocycles. The summed E-state index contributed by atoms with van der Waals surface area (Å²) in [6.07, 6.45) is 3.52. The molecule has 2 aromatic rings. The standard InChI is InChI=1S/C25H28N2O5/c1-17(8-6-14-24(29)30)27-23(28)13-7-15-26-25(31)32-16-22-20-11-4-2-9-18(20)19-10-3-5-12-21(19)22/h2-5,7,9-13,17,22H,6,8,14-16H2,1H3,(H,26,31)(H,27,28)(H,29,30)/b13-7+. The Labute approximate surface area is 187 Å². The molecule has 3 rings (SSSR count). The van der Waals surface area contributed by atoms with Gasteiger partial charge in [-0.3, -0.25) is 9.59 Å². The summed E-state index contributed by atoms with van der Waals surface area (Å²) in [6.45, 7) is 2.22. The summed E-state index contributed by atoms with van der Waals surface area (Å²) in [7, 11) is 0. The lowest BCUT2D eigenvalue weighted by Crippen LogP contribution is -2.31. The Morgan fingerprint density at radius 1 is 1.06 bits per heavy atom. The number of carboxylic acids is 1. The number of amides is 2. The summed E-state index contributed by atoms with van der Waals surface area (Å²) in [5, 5.41) is 14.0. The quantitative estimate of drug-likeness (QED) is 0.491. The van der Waals surface area contributed by atoms with E-state index in [1.807, 2.05) is 31.2 Å². The lowest BCUT2D eigenvalue weighted by atomic mass is 9.98. The molecule has 1 unspecified atom stereocenters. The number of hydrogen-bond donors (Lipinski definition) is 3. The topological polar surface area (TPSA) is 105 Å². The SMILES string of the molecule is CC(CCCC(=O)O)NC(=O)/C=C/CNC(=O)OCC1c2ccccc2-c2ccccc21. The molecule has 0 saturated heterocycles. The van der Waals surface area contributed by atoms with Crippen LogP contribution < -0.4 is 10.6 Å². The van der Waals surface area contributed by atoms with E-state index in [1.165, 1.54) is 17.2 Å². The zero-order chi connectivity index (χ0) is 22.9. The highest BCUT2D eigenvalue weighted by molar-refractivity contribution is 5.87. The lowest BCUT2D eigenvalue weighted by molar-refractivity contribution is -0.137. The summed E-state index contributed by atoms with van der Waals surface area (Å²) >= 11 is 0. The lowest BCUT2D eigenvalue weighted by Gasteiger charge is -2.14. The number of carboxylic acid groups (broad SMARTS) is 1. The fourth-order valence-corrected chi connectivity index (χ4v) is 3.88. The van der Waals surface area contributed by atoms with Crippen LogP contribution in [0.1, 0.15) is 43.2 Å². The smallest absolute Gasteiger partial charge is 0.407 e. The van der Waals surface area contributed by atoms with Gasteiger partial charge in [-0.2, -0.15) is 0 Å². The summed E-state index contributed by atoms with van der Waals surface area (Å²) in [5.41, 5.74) is 4.64. The number of fused-ring (bicyclic) bond motifs is 3. The van der Waals surface area contributed by atoms with Gasteiger partial charge in [-0.15, -0.1) is 0 Å². The monoisotopic (exact) mass is 436 g/mol. The van der Waals surface area contributed by atoms with E-state index in [0.717, 1.165) is 11.1 Å². The number of nitrogens with one attached hydrogen (secondary N) is 2. The van der Waals surface area contributed by atoms with Crippen molar-refractivity contribution in [2.45, 2.75) is 38.1 Å². The molecule has 0 aliphatic heterocycles. The van der Waals surface area contributed by atoms with Crippen LogP contribution in [0, 0.1) is 0 Å². The second-order valence-corrected chi connectivity index (χ2v) is 7.80. The number of carbonyl (C=O) groups is 3. The van der Waals surface area contributed by atoms with E-state index in [1.54, 1.807) is 6.08 Å². The van der Waals surface area contributed by atoms with Gasteiger partial charge in [0.25, 0.3) is 0 Å². The normalized spacial score (nSPS) is 13.3. The van der Waals surface area contributed by atoms with E-state index in [0.29, 0.717) is 12.8 Å². The number of alkyl carbamates (subject to hydrolysis) is 1. The molecule has 7 nitrogen and oxygen atoms in total. The van der Waals surface area contributed by atoms with E-state index in [9.17, 15) is 14.4 Å². The van der Waals surface area contributed by atoms with Crippen LogP contribution in [0.5, 0.6) is 0 Å². The molecule has 1 aliphatic carbocycles. The highest BCUT2D eigenvalue weighted by atomic mass is 16.5. The third-order valence-corrected chi connectivity index (χ3v) is 5.39. The molecule has 32 heavy (non-hydrogen) atoms. The van der Waals surface area contributed by atoms with Crippen molar-refractivity contribution in [3.63, 3.8) is 0 Å². The molecule has 0 bridgehead atoms. The third kappa shape index (κ3) is 6.20.